The number of nitrogens with one attached hydrogen (secondary N) is 1. The summed E-state index contributed by atoms with van der Waals surface area (Å²) in [7, 11) is 1.83. The zero-order valence-electron chi connectivity index (χ0n) is 11.5. The Balaban J connectivity index is 2.09. The van der Waals surface area contributed by atoms with Crippen molar-refractivity contribution in [2.75, 3.05) is 13.7 Å². The Hall–Kier alpha value is -1.02. The summed E-state index contributed by atoms with van der Waals surface area (Å²) in [4.78, 5) is 0. The summed E-state index contributed by atoms with van der Waals surface area (Å²) in [6, 6.07) is 4.62. The highest BCUT2D eigenvalue weighted by molar-refractivity contribution is 5.50. The Morgan fingerprint density at radius 3 is 2.72 bits per heavy atom. The van der Waals surface area contributed by atoms with Crippen LogP contribution in [0.2, 0.25) is 0 Å². The third-order valence-electron chi connectivity index (χ3n) is 4.65. The van der Waals surface area contributed by atoms with Crippen LogP contribution in [0.4, 0.5) is 0 Å². The molecule has 1 unspecified atom stereocenters. The van der Waals surface area contributed by atoms with Gasteiger partial charge in [0.1, 0.15) is 5.75 Å². The first-order chi connectivity index (χ1) is 8.74. The number of hydrogen-bond acceptors (Lipinski definition) is 2. The molecule has 1 fully saturated rings. The standard InChI is InChI=1S/C16H23NO/c1-16(10-5-11-17-16)14-9-8-12-6-3-4-7-13(12)15(14)18-2/h8-9,17H,3-7,10-11H2,1-2H3. The minimum absolute atomic E-state index is 0.109. The number of ether oxygens (including phenoxy) is 1. The highest BCUT2D eigenvalue weighted by Crippen LogP contribution is 2.41. The lowest BCUT2D eigenvalue weighted by molar-refractivity contribution is 0.365. The molecule has 2 aliphatic rings. The number of aryl methyl sites for hydroxylation is 1. The van der Waals surface area contributed by atoms with Crippen molar-refractivity contribution < 1.29 is 4.74 Å². The van der Waals surface area contributed by atoms with Crippen LogP contribution in [0, 0.1) is 0 Å². The van der Waals surface area contributed by atoms with E-state index in [1.54, 1.807) is 0 Å². The smallest absolute Gasteiger partial charge is 0.127 e. The maximum Gasteiger partial charge on any atom is 0.127 e. The normalized spacial score (nSPS) is 27.0. The van der Waals surface area contributed by atoms with E-state index in [9.17, 15) is 0 Å². The molecule has 1 aromatic carbocycles. The molecule has 0 bridgehead atoms. The Bertz CT molecular complexity index is 447. The maximum absolute atomic E-state index is 5.78. The topological polar surface area (TPSA) is 21.3 Å². The van der Waals surface area contributed by atoms with Gasteiger partial charge in [-0.15, -0.1) is 0 Å². The summed E-state index contributed by atoms with van der Waals surface area (Å²) in [5.74, 6) is 1.16. The van der Waals surface area contributed by atoms with E-state index in [1.807, 2.05) is 7.11 Å². The molecule has 0 radical (unpaired) electrons. The fourth-order valence-corrected chi connectivity index (χ4v) is 3.59. The van der Waals surface area contributed by atoms with Crippen molar-refractivity contribution in [1.82, 2.24) is 5.32 Å². The van der Waals surface area contributed by atoms with Crippen molar-refractivity contribution in [3.63, 3.8) is 0 Å². The quantitative estimate of drug-likeness (QED) is 0.864. The van der Waals surface area contributed by atoms with Gasteiger partial charge < -0.3 is 10.1 Å². The Morgan fingerprint density at radius 1 is 1.17 bits per heavy atom. The zero-order chi connectivity index (χ0) is 12.6. The van der Waals surface area contributed by atoms with Gasteiger partial charge in [0.15, 0.2) is 0 Å². The Morgan fingerprint density at radius 2 is 2.00 bits per heavy atom. The SMILES string of the molecule is COc1c(C2(C)CCCN2)ccc2c1CCCC2. The van der Waals surface area contributed by atoms with Gasteiger partial charge in [-0.1, -0.05) is 12.1 Å². The van der Waals surface area contributed by atoms with Crippen molar-refractivity contribution >= 4 is 0 Å². The van der Waals surface area contributed by atoms with Crippen molar-refractivity contribution in [3.05, 3.63) is 28.8 Å². The largest absolute Gasteiger partial charge is 0.496 e. The van der Waals surface area contributed by atoms with Crippen LogP contribution in [0.5, 0.6) is 5.75 Å². The lowest BCUT2D eigenvalue weighted by Gasteiger charge is -2.30. The van der Waals surface area contributed by atoms with Crippen molar-refractivity contribution in [2.45, 2.75) is 51.0 Å². The van der Waals surface area contributed by atoms with Gasteiger partial charge in [0.25, 0.3) is 0 Å². The number of benzene rings is 1. The minimum atomic E-state index is 0.109. The summed E-state index contributed by atoms with van der Waals surface area (Å²) < 4.78 is 5.78. The lowest BCUT2D eigenvalue weighted by atomic mass is 9.83. The molecule has 98 valence electrons. The molecular formula is C16H23NO. The van der Waals surface area contributed by atoms with Crippen LogP contribution in [0.25, 0.3) is 0 Å². The van der Waals surface area contributed by atoms with Gasteiger partial charge in [0.05, 0.1) is 7.11 Å². The fourth-order valence-electron chi connectivity index (χ4n) is 3.59. The number of fused-ring (bicyclic) bond motifs is 1. The fraction of sp³-hybridized carbons (Fsp3) is 0.625. The molecule has 18 heavy (non-hydrogen) atoms. The van der Waals surface area contributed by atoms with E-state index in [2.05, 4.69) is 24.4 Å². The van der Waals surface area contributed by atoms with Crippen LogP contribution in [0.15, 0.2) is 12.1 Å². The van der Waals surface area contributed by atoms with E-state index < -0.39 is 0 Å². The molecule has 3 rings (SSSR count). The molecular weight excluding hydrogens is 222 g/mol. The van der Waals surface area contributed by atoms with Crippen LogP contribution >= 0.6 is 0 Å². The highest BCUT2D eigenvalue weighted by Gasteiger charge is 2.34. The van der Waals surface area contributed by atoms with Gasteiger partial charge >= 0.3 is 0 Å². The zero-order valence-corrected chi connectivity index (χ0v) is 11.5. The minimum Gasteiger partial charge on any atom is -0.496 e. The summed E-state index contributed by atoms with van der Waals surface area (Å²) in [5, 5.41) is 3.65. The third kappa shape index (κ3) is 1.83. The third-order valence-corrected chi connectivity index (χ3v) is 4.65. The van der Waals surface area contributed by atoms with Crippen molar-refractivity contribution in [2.24, 2.45) is 0 Å². The first-order valence-electron chi connectivity index (χ1n) is 7.19. The Kier molecular flexibility index (Phi) is 3.06. The van der Waals surface area contributed by atoms with Crippen LogP contribution < -0.4 is 10.1 Å². The molecule has 0 amide bonds. The predicted octanol–water partition coefficient (Wildman–Crippen LogP) is 3.17. The summed E-state index contributed by atoms with van der Waals surface area (Å²) in [5.41, 5.74) is 4.44. The lowest BCUT2D eigenvalue weighted by Crippen LogP contribution is -2.34. The summed E-state index contributed by atoms with van der Waals surface area (Å²) in [6.07, 6.45) is 7.50. The second-order valence-corrected chi connectivity index (χ2v) is 5.85. The van der Waals surface area contributed by atoms with Gasteiger partial charge in [-0.05, 0) is 63.1 Å². The van der Waals surface area contributed by atoms with Gasteiger partial charge in [-0.3, -0.25) is 0 Å². The van der Waals surface area contributed by atoms with Crippen molar-refractivity contribution in [1.29, 1.82) is 0 Å². The average Bonchev–Trinajstić information content (AvgIpc) is 2.85. The van der Waals surface area contributed by atoms with Crippen LogP contribution in [-0.2, 0) is 18.4 Å². The molecule has 2 nitrogen and oxygen atoms in total. The second-order valence-electron chi connectivity index (χ2n) is 5.85. The first-order valence-corrected chi connectivity index (χ1v) is 7.19. The van der Waals surface area contributed by atoms with Crippen LogP contribution in [-0.4, -0.2) is 13.7 Å². The van der Waals surface area contributed by atoms with E-state index >= 15 is 0 Å². The second kappa shape index (κ2) is 4.58. The molecule has 2 heteroatoms. The van der Waals surface area contributed by atoms with E-state index in [1.165, 1.54) is 55.2 Å². The van der Waals surface area contributed by atoms with E-state index in [0.717, 1.165) is 12.3 Å². The average molecular weight is 245 g/mol. The Labute approximate surface area is 110 Å². The predicted molar refractivity (Wildman–Crippen MR) is 74.2 cm³/mol. The summed E-state index contributed by atoms with van der Waals surface area (Å²) in [6.45, 7) is 3.43. The van der Waals surface area contributed by atoms with Gasteiger partial charge in [-0.2, -0.15) is 0 Å². The molecule has 1 aliphatic heterocycles. The number of methoxy groups -OCH3 is 1. The molecule has 1 saturated heterocycles. The molecule has 1 atom stereocenters. The van der Waals surface area contributed by atoms with E-state index in [-0.39, 0.29) is 5.54 Å². The number of rotatable bonds is 2. The first kappa shape index (κ1) is 12.0. The number of hydrogen-bond donors (Lipinski definition) is 1. The molecule has 1 aromatic rings. The maximum atomic E-state index is 5.78. The molecule has 0 saturated carbocycles. The van der Waals surface area contributed by atoms with Gasteiger partial charge in [0.2, 0.25) is 0 Å². The van der Waals surface area contributed by atoms with Gasteiger partial charge in [-0.25, -0.2) is 0 Å². The van der Waals surface area contributed by atoms with Crippen molar-refractivity contribution in [3.8, 4) is 5.75 Å². The molecule has 1 aliphatic carbocycles. The summed E-state index contributed by atoms with van der Waals surface area (Å²) >= 11 is 0. The van der Waals surface area contributed by atoms with E-state index in [0.29, 0.717) is 0 Å². The van der Waals surface area contributed by atoms with Gasteiger partial charge in [0, 0.05) is 11.1 Å². The molecule has 1 heterocycles. The molecule has 0 aromatic heterocycles. The highest BCUT2D eigenvalue weighted by atomic mass is 16.5. The monoisotopic (exact) mass is 245 g/mol. The van der Waals surface area contributed by atoms with Crippen LogP contribution in [0.1, 0.15) is 49.3 Å². The molecule has 0 spiro atoms. The van der Waals surface area contributed by atoms with E-state index in [4.69, 9.17) is 4.74 Å². The molecule has 1 N–H and O–H groups in total. The van der Waals surface area contributed by atoms with Crippen LogP contribution in [0.3, 0.4) is 0 Å².